The number of nitrogens with zero attached hydrogens (tertiary/aromatic N) is 2. The van der Waals surface area contributed by atoms with Crippen molar-refractivity contribution in [3.8, 4) is 0 Å². The molecule has 0 saturated heterocycles. The first kappa shape index (κ1) is 18.3. The summed E-state index contributed by atoms with van der Waals surface area (Å²) in [5.41, 5.74) is 8.14. The SMILES string of the molecule is CC(C)[S+]([O-])CC(=O)N[C@@H](CCC(=O)C=[N+]=[N-])C(=O)O. The van der Waals surface area contributed by atoms with Crippen LogP contribution in [-0.4, -0.2) is 55.4 Å². The first-order valence-corrected chi connectivity index (χ1v) is 7.25. The van der Waals surface area contributed by atoms with E-state index in [0.29, 0.717) is 6.21 Å². The Hall–Kier alpha value is -1.70. The van der Waals surface area contributed by atoms with Gasteiger partial charge in [-0.1, -0.05) is 0 Å². The first-order chi connectivity index (χ1) is 9.27. The summed E-state index contributed by atoms with van der Waals surface area (Å²) < 4.78 is 11.5. The molecule has 0 rings (SSSR count). The number of rotatable bonds is 9. The van der Waals surface area contributed by atoms with Gasteiger partial charge in [-0.15, -0.1) is 0 Å². The Kier molecular flexibility index (Phi) is 8.46. The van der Waals surface area contributed by atoms with Crippen molar-refractivity contribution in [1.29, 1.82) is 0 Å². The number of carboxylic acid groups (broad SMARTS) is 1. The third-order valence-electron chi connectivity index (χ3n) is 2.31. The van der Waals surface area contributed by atoms with Gasteiger partial charge >= 0.3 is 12.2 Å². The van der Waals surface area contributed by atoms with Crippen molar-refractivity contribution in [2.45, 2.75) is 38.0 Å². The molecule has 1 unspecified atom stereocenters. The third kappa shape index (κ3) is 7.67. The lowest BCUT2D eigenvalue weighted by Crippen LogP contribution is -2.44. The number of carboxylic acids is 1. The highest BCUT2D eigenvalue weighted by Gasteiger charge is 2.24. The van der Waals surface area contributed by atoms with Crippen LogP contribution in [0, 0.1) is 0 Å². The van der Waals surface area contributed by atoms with Gasteiger partial charge in [-0.3, -0.25) is 9.59 Å². The highest BCUT2D eigenvalue weighted by molar-refractivity contribution is 7.92. The topological polar surface area (TPSA) is 143 Å². The fourth-order valence-electron chi connectivity index (χ4n) is 1.20. The van der Waals surface area contributed by atoms with Crippen molar-refractivity contribution in [3.63, 3.8) is 0 Å². The molecule has 1 amide bonds. The van der Waals surface area contributed by atoms with Gasteiger partial charge in [-0.05, 0) is 31.4 Å². The van der Waals surface area contributed by atoms with Gasteiger partial charge in [0.15, 0.2) is 5.75 Å². The quantitative estimate of drug-likeness (QED) is 0.252. The van der Waals surface area contributed by atoms with Crippen LogP contribution in [-0.2, 0) is 25.6 Å². The summed E-state index contributed by atoms with van der Waals surface area (Å²) >= 11 is -1.37. The Morgan fingerprint density at radius 1 is 1.45 bits per heavy atom. The zero-order chi connectivity index (χ0) is 15.7. The molecule has 2 atom stereocenters. The number of hydrogen-bond acceptors (Lipinski definition) is 4. The van der Waals surface area contributed by atoms with Crippen molar-refractivity contribution in [1.82, 2.24) is 5.32 Å². The molecule has 0 spiro atoms. The highest BCUT2D eigenvalue weighted by Crippen LogP contribution is 2.02. The molecule has 112 valence electrons. The Balaban J connectivity index is 4.40. The van der Waals surface area contributed by atoms with Gasteiger partial charge < -0.3 is 20.5 Å². The smallest absolute Gasteiger partial charge is 0.326 e. The zero-order valence-electron chi connectivity index (χ0n) is 11.2. The molecule has 0 aromatic heterocycles. The van der Waals surface area contributed by atoms with Crippen LogP contribution in [0.2, 0.25) is 0 Å². The minimum Gasteiger partial charge on any atom is -0.616 e. The zero-order valence-corrected chi connectivity index (χ0v) is 12.1. The van der Waals surface area contributed by atoms with Gasteiger partial charge in [0.1, 0.15) is 11.3 Å². The van der Waals surface area contributed by atoms with E-state index in [1.807, 2.05) is 0 Å². The van der Waals surface area contributed by atoms with Crippen LogP contribution in [0.5, 0.6) is 0 Å². The van der Waals surface area contributed by atoms with Crippen molar-refractivity contribution >= 4 is 35.1 Å². The fraction of sp³-hybridized carbons (Fsp3) is 0.636. The van der Waals surface area contributed by atoms with E-state index in [4.69, 9.17) is 10.6 Å². The van der Waals surface area contributed by atoms with E-state index >= 15 is 0 Å². The summed E-state index contributed by atoms with van der Waals surface area (Å²) in [7, 11) is 0. The number of carbonyl (C=O) groups is 3. The van der Waals surface area contributed by atoms with E-state index in [1.54, 1.807) is 13.8 Å². The predicted molar refractivity (Wildman–Crippen MR) is 71.6 cm³/mol. The van der Waals surface area contributed by atoms with Gasteiger partial charge in [-0.25, -0.2) is 4.79 Å². The first-order valence-electron chi connectivity index (χ1n) is 5.87. The monoisotopic (exact) mass is 303 g/mol. The molecule has 0 saturated carbocycles. The van der Waals surface area contributed by atoms with Crippen LogP contribution in [0.4, 0.5) is 0 Å². The standard InChI is InChI=1S/C11H17N3O5S/c1-7(2)20(19)6-10(16)14-9(11(17)18)4-3-8(15)5-13-12/h5,7,9H,3-4,6H2,1-2H3,(H,14,16)(H,17,18)/t9-,20?/m0/s1. The number of ketones is 1. The maximum Gasteiger partial charge on any atom is 0.326 e. The molecular weight excluding hydrogens is 286 g/mol. The number of nitrogens with one attached hydrogen (secondary N) is 1. The Morgan fingerprint density at radius 3 is 2.50 bits per heavy atom. The lowest BCUT2D eigenvalue weighted by atomic mass is 10.1. The van der Waals surface area contributed by atoms with Crippen LogP contribution in [0.1, 0.15) is 26.7 Å². The summed E-state index contributed by atoms with van der Waals surface area (Å²) in [6.07, 6.45) is 0.337. The number of amides is 1. The summed E-state index contributed by atoms with van der Waals surface area (Å²) in [4.78, 5) is 36.1. The molecule has 0 aromatic rings. The van der Waals surface area contributed by atoms with Crippen molar-refractivity contribution < 1.29 is 28.8 Å². The molecule has 0 radical (unpaired) electrons. The molecule has 20 heavy (non-hydrogen) atoms. The largest absolute Gasteiger partial charge is 0.616 e. The summed E-state index contributed by atoms with van der Waals surface area (Å²) in [6.45, 7) is 3.37. The second kappa shape index (κ2) is 9.24. The van der Waals surface area contributed by atoms with E-state index in [0.717, 1.165) is 0 Å². The molecule has 0 aliphatic carbocycles. The third-order valence-corrected chi connectivity index (χ3v) is 3.91. The second-order valence-corrected chi connectivity index (χ2v) is 6.27. The molecule has 0 aromatic carbocycles. The molecule has 8 nitrogen and oxygen atoms in total. The van der Waals surface area contributed by atoms with E-state index < -0.39 is 34.9 Å². The lowest BCUT2D eigenvalue weighted by molar-refractivity contribution is -0.141. The van der Waals surface area contributed by atoms with Crippen molar-refractivity contribution in [2.75, 3.05) is 5.75 Å². The molecule has 0 fully saturated rings. The summed E-state index contributed by atoms with van der Waals surface area (Å²) in [6, 6.07) is -1.25. The van der Waals surface area contributed by atoms with Crippen molar-refractivity contribution in [3.05, 3.63) is 5.53 Å². The van der Waals surface area contributed by atoms with Gasteiger partial charge in [0.25, 0.3) is 5.91 Å². The van der Waals surface area contributed by atoms with Gasteiger partial charge in [0.05, 0.1) is 0 Å². The van der Waals surface area contributed by atoms with Crippen LogP contribution < -0.4 is 5.32 Å². The molecule has 9 heteroatoms. The average Bonchev–Trinajstić information content (AvgIpc) is 2.34. The second-order valence-electron chi connectivity index (χ2n) is 4.28. The number of hydrogen-bond donors (Lipinski definition) is 2. The summed E-state index contributed by atoms with van der Waals surface area (Å²) in [5.74, 6) is -2.78. The van der Waals surface area contributed by atoms with Crippen LogP contribution in [0.25, 0.3) is 5.53 Å². The average molecular weight is 303 g/mol. The minimum atomic E-state index is -1.37. The van der Waals surface area contributed by atoms with Crippen LogP contribution in [0.3, 0.4) is 0 Å². The maximum atomic E-state index is 11.5. The Bertz CT molecular complexity index is 420. The predicted octanol–water partition coefficient (Wildman–Crippen LogP) is -0.637. The fourth-order valence-corrected chi connectivity index (χ4v) is 1.88. The normalized spacial score (nSPS) is 13.2. The number of aliphatic carboxylic acids is 1. The molecule has 0 bridgehead atoms. The summed E-state index contributed by atoms with van der Waals surface area (Å²) in [5, 5.41) is 10.9. The van der Waals surface area contributed by atoms with Crippen LogP contribution in [0.15, 0.2) is 0 Å². The molecule has 2 N–H and O–H groups in total. The van der Waals surface area contributed by atoms with Crippen molar-refractivity contribution in [2.24, 2.45) is 0 Å². The number of Topliss-reactive ketones (excluding diaryl/α,β-unsaturated/α-hetero) is 1. The number of carbonyl (C=O) groups excluding carboxylic acids is 2. The van der Waals surface area contributed by atoms with E-state index in [9.17, 15) is 18.9 Å². The maximum absolute atomic E-state index is 11.5. The highest BCUT2D eigenvalue weighted by atomic mass is 32.2. The minimum absolute atomic E-state index is 0.139. The molecule has 0 aliphatic heterocycles. The van der Waals surface area contributed by atoms with Gasteiger partial charge in [0.2, 0.25) is 5.78 Å². The van der Waals surface area contributed by atoms with E-state index in [2.05, 4.69) is 10.1 Å². The Morgan fingerprint density at radius 2 is 2.05 bits per heavy atom. The van der Waals surface area contributed by atoms with E-state index in [-0.39, 0.29) is 23.8 Å². The lowest BCUT2D eigenvalue weighted by Gasteiger charge is -2.17. The molecule has 0 heterocycles. The van der Waals surface area contributed by atoms with Gasteiger partial charge in [0, 0.05) is 6.42 Å². The Labute approximate surface area is 119 Å². The molecule has 0 aliphatic rings. The van der Waals surface area contributed by atoms with E-state index in [1.165, 1.54) is 0 Å². The van der Waals surface area contributed by atoms with Crippen LogP contribution >= 0.6 is 0 Å². The van der Waals surface area contributed by atoms with Gasteiger partial charge in [-0.2, -0.15) is 4.79 Å². The molecular formula is C11H17N3O5S.